The molecule has 0 bridgehead atoms. The third-order valence-corrected chi connectivity index (χ3v) is 3.85. The van der Waals surface area contributed by atoms with Gasteiger partial charge in [-0.1, -0.05) is 6.42 Å². The van der Waals surface area contributed by atoms with Crippen LogP contribution >= 0.6 is 11.3 Å². The maximum absolute atomic E-state index is 10.9. The highest BCUT2D eigenvalue weighted by Crippen LogP contribution is 2.24. The van der Waals surface area contributed by atoms with E-state index >= 15 is 0 Å². The summed E-state index contributed by atoms with van der Waals surface area (Å²) in [5.74, 6) is -0.808. The molecule has 0 aliphatic heterocycles. The third-order valence-electron chi connectivity index (χ3n) is 3.07. The van der Waals surface area contributed by atoms with Crippen molar-refractivity contribution in [3.05, 3.63) is 16.6 Å². The molecule has 0 radical (unpaired) electrons. The summed E-state index contributed by atoms with van der Waals surface area (Å²) >= 11 is 1.63. The first-order valence-corrected chi connectivity index (χ1v) is 6.47. The minimum Gasteiger partial charge on any atom is -0.481 e. The number of aromatic nitrogens is 1. The van der Waals surface area contributed by atoms with Gasteiger partial charge in [0.2, 0.25) is 0 Å². The highest BCUT2D eigenvalue weighted by atomic mass is 32.1. The number of rotatable bonds is 4. The maximum Gasteiger partial charge on any atom is 0.306 e. The average molecular weight is 240 g/mol. The molecule has 4 nitrogen and oxygen atoms in total. The molecular weight excluding hydrogens is 224 g/mol. The van der Waals surface area contributed by atoms with E-state index in [1.54, 1.807) is 11.3 Å². The molecule has 1 aromatic rings. The van der Waals surface area contributed by atoms with Crippen molar-refractivity contribution in [3.63, 3.8) is 0 Å². The van der Waals surface area contributed by atoms with Gasteiger partial charge in [-0.3, -0.25) is 9.78 Å². The van der Waals surface area contributed by atoms with E-state index in [2.05, 4.69) is 10.3 Å². The van der Waals surface area contributed by atoms with Gasteiger partial charge in [-0.25, -0.2) is 0 Å². The third kappa shape index (κ3) is 3.02. The zero-order chi connectivity index (χ0) is 11.4. The van der Waals surface area contributed by atoms with Crippen LogP contribution in [-0.2, 0) is 11.3 Å². The van der Waals surface area contributed by atoms with Gasteiger partial charge in [-0.05, 0) is 19.3 Å². The van der Waals surface area contributed by atoms with Crippen LogP contribution in [0.5, 0.6) is 0 Å². The number of aliphatic carboxylic acids is 1. The van der Waals surface area contributed by atoms with E-state index in [-0.39, 0.29) is 5.92 Å². The number of hydrogen-bond donors (Lipinski definition) is 2. The highest BCUT2D eigenvalue weighted by Gasteiger charge is 2.26. The molecule has 2 rings (SSSR count). The Balaban J connectivity index is 1.79. The molecule has 0 aromatic carbocycles. The molecule has 88 valence electrons. The summed E-state index contributed by atoms with van der Waals surface area (Å²) in [7, 11) is 0. The standard InChI is InChI=1S/C11H16N2O2S/c14-11(15)8-2-1-3-9(4-8)13-6-10-5-12-7-16-10/h5,7-9,13H,1-4,6H2,(H,14,15). The molecule has 1 aliphatic carbocycles. The first-order valence-electron chi connectivity index (χ1n) is 5.59. The maximum atomic E-state index is 10.9. The van der Waals surface area contributed by atoms with E-state index in [1.165, 1.54) is 4.88 Å². The van der Waals surface area contributed by atoms with Gasteiger partial charge in [-0.15, -0.1) is 11.3 Å². The zero-order valence-electron chi connectivity index (χ0n) is 9.06. The Labute approximate surface area is 98.7 Å². The number of carboxylic acids is 1. The van der Waals surface area contributed by atoms with Crippen LogP contribution in [0, 0.1) is 5.92 Å². The number of hydrogen-bond acceptors (Lipinski definition) is 4. The van der Waals surface area contributed by atoms with Crippen LogP contribution in [0.4, 0.5) is 0 Å². The smallest absolute Gasteiger partial charge is 0.306 e. The molecule has 0 spiro atoms. The van der Waals surface area contributed by atoms with Crippen molar-refractivity contribution in [2.45, 2.75) is 38.3 Å². The molecule has 2 atom stereocenters. The van der Waals surface area contributed by atoms with Gasteiger partial charge < -0.3 is 10.4 Å². The Morgan fingerprint density at radius 1 is 1.62 bits per heavy atom. The van der Waals surface area contributed by atoms with Crippen LogP contribution in [-0.4, -0.2) is 22.1 Å². The lowest BCUT2D eigenvalue weighted by Gasteiger charge is -2.27. The SMILES string of the molecule is O=C(O)C1CCCC(NCc2cncs2)C1. The Morgan fingerprint density at radius 2 is 2.50 bits per heavy atom. The van der Waals surface area contributed by atoms with Crippen LogP contribution in [0.3, 0.4) is 0 Å². The van der Waals surface area contributed by atoms with Crippen molar-refractivity contribution in [2.75, 3.05) is 0 Å². The summed E-state index contributed by atoms with van der Waals surface area (Å²) in [5, 5.41) is 12.4. The number of thiazole rings is 1. The van der Waals surface area contributed by atoms with Gasteiger partial charge in [0.05, 0.1) is 11.4 Å². The second-order valence-electron chi connectivity index (χ2n) is 4.25. The van der Waals surface area contributed by atoms with Gasteiger partial charge >= 0.3 is 5.97 Å². The number of carbonyl (C=O) groups is 1. The normalized spacial score (nSPS) is 25.5. The highest BCUT2D eigenvalue weighted by molar-refractivity contribution is 7.09. The molecule has 1 saturated carbocycles. The van der Waals surface area contributed by atoms with Crippen LogP contribution < -0.4 is 5.32 Å². The lowest BCUT2D eigenvalue weighted by Crippen LogP contribution is -2.35. The zero-order valence-corrected chi connectivity index (χ0v) is 9.87. The van der Waals surface area contributed by atoms with Crippen LogP contribution in [0.1, 0.15) is 30.6 Å². The second kappa shape index (κ2) is 5.41. The van der Waals surface area contributed by atoms with E-state index in [0.717, 1.165) is 32.2 Å². The largest absolute Gasteiger partial charge is 0.481 e. The monoisotopic (exact) mass is 240 g/mol. The van der Waals surface area contributed by atoms with Gasteiger partial charge in [0.15, 0.2) is 0 Å². The minimum atomic E-state index is -0.649. The summed E-state index contributed by atoms with van der Waals surface area (Å²) < 4.78 is 0. The van der Waals surface area contributed by atoms with Crippen molar-refractivity contribution < 1.29 is 9.90 Å². The lowest BCUT2D eigenvalue weighted by atomic mass is 9.86. The van der Waals surface area contributed by atoms with E-state index < -0.39 is 5.97 Å². The van der Waals surface area contributed by atoms with E-state index in [9.17, 15) is 4.79 Å². The first-order chi connectivity index (χ1) is 7.75. The second-order valence-corrected chi connectivity index (χ2v) is 5.22. The number of nitrogens with zero attached hydrogens (tertiary/aromatic N) is 1. The molecule has 1 heterocycles. The summed E-state index contributed by atoms with van der Waals surface area (Å²) in [6.45, 7) is 0.807. The molecule has 0 amide bonds. The fourth-order valence-electron chi connectivity index (χ4n) is 2.17. The Hall–Kier alpha value is -0.940. The van der Waals surface area contributed by atoms with Crippen molar-refractivity contribution in [1.82, 2.24) is 10.3 Å². The predicted octanol–water partition coefficient (Wildman–Crippen LogP) is 1.88. The molecule has 2 unspecified atom stereocenters. The summed E-state index contributed by atoms with van der Waals surface area (Å²) in [5.41, 5.74) is 1.82. The van der Waals surface area contributed by atoms with Crippen LogP contribution in [0.2, 0.25) is 0 Å². The molecule has 1 fully saturated rings. The average Bonchev–Trinajstić information content (AvgIpc) is 2.79. The van der Waals surface area contributed by atoms with E-state index in [0.29, 0.717) is 6.04 Å². The fraction of sp³-hybridized carbons (Fsp3) is 0.636. The van der Waals surface area contributed by atoms with E-state index in [1.807, 2.05) is 11.7 Å². The van der Waals surface area contributed by atoms with Crippen molar-refractivity contribution in [1.29, 1.82) is 0 Å². The van der Waals surface area contributed by atoms with Gasteiger partial charge in [-0.2, -0.15) is 0 Å². The topological polar surface area (TPSA) is 62.2 Å². The molecule has 5 heteroatoms. The summed E-state index contributed by atoms with van der Waals surface area (Å²) in [6, 6.07) is 0.344. The quantitative estimate of drug-likeness (QED) is 0.843. The number of carboxylic acid groups (broad SMARTS) is 1. The van der Waals surface area contributed by atoms with Crippen molar-refractivity contribution in [3.8, 4) is 0 Å². The molecule has 1 aromatic heterocycles. The number of nitrogens with one attached hydrogen (secondary N) is 1. The van der Waals surface area contributed by atoms with Crippen LogP contribution in [0.15, 0.2) is 11.7 Å². The lowest BCUT2D eigenvalue weighted by molar-refractivity contribution is -0.143. The van der Waals surface area contributed by atoms with Gasteiger partial charge in [0, 0.05) is 23.7 Å². The van der Waals surface area contributed by atoms with Gasteiger partial charge in [0.1, 0.15) is 0 Å². The fourth-order valence-corrected chi connectivity index (χ4v) is 2.72. The van der Waals surface area contributed by atoms with E-state index in [4.69, 9.17) is 5.11 Å². The Morgan fingerprint density at radius 3 is 3.19 bits per heavy atom. The van der Waals surface area contributed by atoms with Crippen molar-refractivity contribution >= 4 is 17.3 Å². The van der Waals surface area contributed by atoms with Crippen molar-refractivity contribution in [2.24, 2.45) is 5.92 Å². The van der Waals surface area contributed by atoms with Crippen LogP contribution in [0.25, 0.3) is 0 Å². The Kier molecular flexibility index (Phi) is 3.90. The van der Waals surface area contributed by atoms with Gasteiger partial charge in [0.25, 0.3) is 0 Å². The summed E-state index contributed by atoms with van der Waals surface area (Å²) in [4.78, 5) is 16.1. The molecule has 0 saturated heterocycles. The molecule has 1 aliphatic rings. The summed E-state index contributed by atoms with van der Waals surface area (Å²) in [6.07, 6.45) is 5.54. The molecular formula is C11H16N2O2S. The first kappa shape index (κ1) is 11.5. The Bertz CT molecular complexity index is 340. The molecule has 2 N–H and O–H groups in total. The minimum absolute atomic E-state index is 0.160. The molecule has 16 heavy (non-hydrogen) atoms. The predicted molar refractivity (Wildman–Crippen MR) is 62.3 cm³/mol.